The summed E-state index contributed by atoms with van der Waals surface area (Å²) in [6, 6.07) is 11.4. The minimum Gasteiger partial charge on any atom is -0.325 e. The number of halogens is 4. The summed E-state index contributed by atoms with van der Waals surface area (Å²) in [5, 5.41) is 3.60. The van der Waals surface area contributed by atoms with Gasteiger partial charge in [-0.25, -0.2) is 4.98 Å². The van der Waals surface area contributed by atoms with Crippen LogP contribution in [0.25, 0.3) is 15.9 Å². The van der Waals surface area contributed by atoms with E-state index in [0.29, 0.717) is 20.9 Å². The van der Waals surface area contributed by atoms with Crippen LogP contribution in [-0.4, -0.2) is 21.2 Å². The Bertz CT molecular complexity index is 1480. The van der Waals surface area contributed by atoms with E-state index in [1.54, 1.807) is 24.3 Å². The van der Waals surface area contributed by atoms with Crippen LogP contribution in [0, 0.1) is 6.92 Å². The number of amides is 1. The summed E-state index contributed by atoms with van der Waals surface area (Å²) in [6.45, 7) is 3.96. The van der Waals surface area contributed by atoms with E-state index in [9.17, 15) is 22.8 Å². The van der Waals surface area contributed by atoms with E-state index in [-0.39, 0.29) is 22.2 Å². The molecule has 0 bridgehead atoms. The fourth-order valence-electron chi connectivity index (χ4n) is 3.75. The highest BCUT2D eigenvalue weighted by Gasteiger charge is 2.33. The average molecular weight is 552 g/mol. The second-order valence-corrected chi connectivity index (χ2v) is 10.4. The van der Waals surface area contributed by atoms with Crippen LogP contribution in [0.4, 0.5) is 18.9 Å². The predicted molar refractivity (Wildman–Crippen MR) is 140 cm³/mol. The van der Waals surface area contributed by atoms with Gasteiger partial charge in [-0.3, -0.25) is 14.2 Å². The number of hydrogen-bond donors (Lipinski definition) is 1. The third kappa shape index (κ3) is 5.45. The van der Waals surface area contributed by atoms with Crippen LogP contribution in [0.5, 0.6) is 0 Å². The highest BCUT2D eigenvalue weighted by molar-refractivity contribution is 7.99. The van der Waals surface area contributed by atoms with E-state index < -0.39 is 17.6 Å². The molecule has 0 aliphatic heterocycles. The zero-order valence-electron chi connectivity index (χ0n) is 19.3. The molecule has 5 nitrogen and oxygen atoms in total. The molecule has 0 atom stereocenters. The second-order valence-electron chi connectivity index (χ2n) is 7.97. The van der Waals surface area contributed by atoms with Gasteiger partial charge in [-0.05, 0) is 55.3 Å². The zero-order valence-corrected chi connectivity index (χ0v) is 21.7. The van der Waals surface area contributed by atoms with Gasteiger partial charge in [0.25, 0.3) is 5.56 Å². The van der Waals surface area contributed by atoms with Crippen molar-refractivity contribution in [1.29, 1.82) is 0 Å². The Balaban J connectivity index is 1.70. The Morgan fingerprint density at radius 1 is 1.17 bits per heavy atom. The number of thioether (sulfide) groups is 1. The number of anilines is 1. The fourth-order valence-corrected chi connectivity index (χ4v) is 6.00. The molecule has 2 aromatic heterocycles. The third-order valence-corrected chi connectivity index (χ3v) is 7.87. The van der Waals surface area contributed by atoms with Crippen LogP contribution in [0.3, 0.4) is 0 Å². The van der Waals surface area contributed by atoms with E-state index in [0.717, 1.165) is 41.1 Å². The number of para-hydroxylation sites is 1. The molecule has 188 valence electrons. The highest BCUT2D eigenvalue weighted by Crippen LogP contribution is 2.35. The first-order chi connectivity index (χ1) is 17.1. The van der Waals surface area contributed by atoms with Crippen LogP contribution >= 0.6 is 34.7 Å². The van der Waals surface area contributed by atoms with Gasteiger partial charge in [0.15, 0.2) is 5.16 Å². The van der Waals surface area contributed by atoms with Crippen molar-refractivity contribution in [2.45, 2.75) is 38.0 Å². The molecule has 0 spiro atoms. The van der Waals surface area contributed by atoms with Gasteiger partial charge >= 0.3 is 6.18 Å². The van der Waals surface area contributed by atoms with E-state index >= 15 is 0 Å². The number of benzene rings is 2. The second kappa shape index (κ2) is 10.7. The number of carbonyl (C=O) groups excluding carboxylic acids is 1. The quantitative estimate of drug-likeness (QED) is 0.196. The number of nitrogens with zero attached hydrogens (tertiary/aromatic N) is 2. The standard InChI is InChI=1S/C25H21ClF3N3O2S2/c1-3-6-19-14(2)21-22(36-19)31-24(32(23(21)34)16-11-9-15(26)10-12-16)35-13-20(33)30-18-8-5-4-7-17(18)25(27,28)29/h4-5,7-12H,3,6,13H2,1-2H3,(H,30,33). The molecular weight excluding hydrogens is 531 g/mol. The van der Waals surface area contributed by atoms with Crippen molar-refractivity contribution >= 4 is 56.5 Å². The van der Waals surface area contributed by atoms with Gasteiger partial charge in [-0.15, -0.1) is 11.3 Å². The smallest absolute Gasteiger partial charge is 0.325 e. The van der Waals surface area contributed by atoms with E-state index in [1.165, 1.54) is 34.1 Å². The van der Waals surface area contributed by atoms with Crippen LogP contribution in [-0.2, 0) is 17.4 Å². The van der Waals surface area contributed by atoms with Crippen molar-refractivity contribution < 1.29 is 18.0 Å². The summed E-state index contributed by atoms with van der Waals surface area (Å²) in [5.74, 6) is -0.896. The largest absolute Gasteiger partial charge is 0.418 e. The van der Waals surface area contributed by atoms with Crippen molar-refractivity contribution in [1.82, 2.24) is 9.55 Å². The molecule has 0 aliphatic rings. The molecule has 4 aromatic rings. The monoisotopic (exact) mass is 551 g/mol. The number of rotatable bonds is 7. The summed E-state index contributed by atoms with van der Waals surface area (Å²) in [5.41, 5.74) is -0.128. The Labute approximate surface area is 218 Å². The third-order valence-electron chi connectivity index (χ3n) is 5.43. The van der Waals surface area contributed by atoms with E-state index in [2.05, 4.69) is 17.2 Å². The van der Waals surface area contributed by atoms with Crippen LogP contribution < -0.4 is 10.9 Å². The maximum Gasteiger partial charge on any atom is 0.418 e. The highest BCUT2D eigenvalue weighted by atomic mass is 35.5. The molecule has 0 saturated carbocycles. The molecule has 0 aliphatic carbocycles. The molecule has 1 N–H and O–H groups in total. The number of fused-ring (bicyclic) bond motifs is 1. The summed E-state index contributed by atoms with van der Waals surface area (Å²) in [7, 11) is 0. The van der Waals surface area contributed by atoms with Crippen molar-refractivity contribution in [3.05, 3.63) is 79.9 Å². The Morgan fingerprint density at radius 3 is 2.53 bits per heavy atom. The lowest BCUT2D eigenvalue weighted by Crippen LogP contribution is -2.23. The van der Waals surface area contributed by atoms with Crippen molar-refractivity contribution in [3.63, 3.8) is 0 Å². The summed E-state index contributed by atoms with van der Waals surface area (Å²) in [6.07, 6.45) is -2.87. The summed E-state index contributed by atoms with van der Waals surface area (Å²) >= 11 is 8.44. The summed E-state index contributed by atoms with van der Waals surface area (Å²) < 4.78 is 41.3. The summed E-state index contributed by atoms with van der Waals surface area (Å²) in [4.78, 5) is 32.6. The number of aromatic nitrogens is 2. The van der Waals surface area contributed by atoms with E-state index in [1.807, 2.05) is 6.92 Å². The van der Waals surface area contributed by atoms with Crippen molar-refractivity contribution in [3.8, 4) is 5.69 Å². The molecule has 1 amide bonds. The topological polar surface area (TPSA) is 64.0 Å². The number of nitrogens with one attached hydrogen (secondary N) is 1. The predicted octanol–water partition coefficient (Wildman–Crippen LogP) is 7.11. The van der Waals surface area contributed by atoms with Gasteiger partial charge < -0.3 is 5.32 Å². The van der Waals surface area contributed by atoms with Gasteiger partial charge in [0.2, 0.25) is 5.91 Å². The first kappa shape index (κ1) is 26.2. The number of thiophene rings is 1. The molecule has 0 radical (unpaired) electrons. The lowest BCUT2D eigenvalue weighted by molar-refractivity contribution is -0.137. The van der Waals surface area contributed by atoms with Crippen molar-refractivity contribution in [2.75, 3.05) is 11.1 Å². The number of alkyl halides is 3. The van der Waals surface area contributed by atoms with Gasteiger partial charge in [-0.2, -0.15) is 13.2 Å². The van der Waals surface area contributed by atoms with Crippen LogP contribution in [0.1, 0.15) is 29.3 Å². The zero-order chi connectivity index (χ0) is 26.0. The van der Waals surface area contributed by atoms with Crippen LogP contribution in [0.2, 0.25) is 5.02 Å². The van der Waals surface area contributed by atoms with Gasteiger partial charge in [0.05, 0.1) is 28.1 Å². The van der Waals surface area contributed by atoms with Gasteiger partial charge in [0, 0.05) is 9.90 Å². The Morgan fingerprint density at radius 2 is 1.86 bits per heavy atom. The van der Waals surface area contributed by atoms with Gasteiger partial charge in [0.1, 0.15) is 4.83 Å². The molecule has 11 heteroatoms. The normalized spacial score (nSPS) is 11.7. The number of hydrogen-bond acceptors (Lipinski definition) is 5. The Kier molecular flexibility index (Phi) is 7.77. The maximum atomic E-state index is 13.6. The number of aryl methyl sites for hydroxylation is 2. The fraction of sp³-hybridized carbons (Fsp3) is 0.240. The number of carbonyl (C=O) groups is 1. The van der Waals surface area contributed by atoms with E-state index in [4.69, 9.17) is 11.6 Å². The molecule has 36 heavy (non-hydrogen) atoms. The molecule has 0 unspecified atom stereocenters. The molecule has 0 fully saturated rings. The molecule has 2 heterocycles. The minimum atomic E-state index is -4.61. The maximum absolute atomic E-state index is 13.6. The SMILES string of the molecule is CCCc1sc2nc(SCC(=O)Nc3ccccc3C(F)(F)F)n(-c3ccc(Cl)cc3)c(=O)c2c1C. The molecule has 2 aromatic carbocycles. The first-order valence-corrected chi connectivity index (χ1v) is 13.2. The first-order valence-electron chi connectivity index (χ1n) is 11.0. The Hall–Kier alpha value is -2.82. The lowest BCUT2D eigenvalue weighted by atomic mass is 10.1. The van der Waals surface area contributed by atoms with Crippen molar-refractivity contribution in [2.24, 2.45) is 0 Å². The minimum absolute atomic E-state index is 0.246. The molecule has 4 rings (SSSR count). The average Bonchev–Trinajstić information content (AvgIpc) is 3.14. The molecular formula is C25H21ClF3N3O2S2. The van der Waals surface area contributed by atoms with Gasteiger partial charge in [-0.1, -0.05) is 48.8 Å². The molecule has 0 saturated heterocycles. The lowest BCUT2D eigenvalue weighted by Gasteiger charge is -2.14. The van der Waals surface area contributed by atoms with Crippen LogP contribution in [0.15, 0.2) is 58.5 Å².